The average molecular weight is 1350 g/mol. The van der Waals surface area contributed by atoms with Gasteiger partial charge in [0.2, 0.25) is 0 Å². The van der Waals surface area contributed by atoms with Crippen LogP contribution in [0.5, 0.6) is 0 Å². The van der Waals surface area contributed by atoms with Gasteiger partial charge in [-0.15, -0.1) is 0 Å². The van der Waals surface area contributed by atoms with Crippen molar-refractivity contribution in [3.8, 4) is 0 Å². The summed E-state index contributed by atoms with van der Waals surface area (Å²) in [6.07, 6.45) is 78.3. The second-order valence-electron chi connectivity index (χ2n) is 23.7. The molecule has 16 nitrogen and oxygen atoms in total. The van der Waals surface area contributed by atoms with Crippen molar-refractivity contribution >= 4 is 33.6 Å². The maximum Gasteiger partial charge on any atom is 0.472 e. The quantitative estimate of drug-likeness (QED) is 0.0146. The van der Waals surface area contributed by atoms with E-state index in [1.807, 2.05) is 18.2 Å². The van der Waals surface area contributed by atoms with Crippen LogP contribution in [0.1, 0.15) is 278 Å². The van der Waals surface area contributed by atoms with Crippen molar-refractivity contribution in [1.29, 1.82) is 0 Å². The summed E-state index contributed by atoms with van der Waals surface area (Å²) in [6.45, 7) is 2.44. The van der Waals surface area contributed by atoms with Crippen LogP contribution in [0, 0.1) is 0 Å². The Bertz CT molecular complexity index is 2180. The lowest BCUT2D eigenvalue weighted by Gasteiger charge is -2.21. The number of rotatable bonds is 67. The molecule has 0 bridgehead atoms. The molecule has 0 fully saturated rings. The van der Waals surface area contributed by atoms with Crippen molar-refractivity contribution < 1.29 is 75.8 Å². The number of unbranched alkanes of at least 4 members (excludes halogenated alkanes) is 24. The van der Waals surface area contributed by atoms with Crippen molar-refractivity contribution in [3.05, 3.63) is 122 Å². The summed E-state index contributed by atoms with van der Waals surface area (Å²) in [7, 11) is -9.80. The largest absolute Gasteiger partial charge is 0.472 e. The summed E-state index contributed by atoms with van der Waals surface area (Å²) in [6, 6.07) is 0. The van der Waals surface area contributed by atoms with E-state index in [4.69, 9.17) is 32.3 Å². The van der Waals surface area contributed by atoms with Crippen LogP contribution in [0.2, 0.25) is 0 Å². The molecule has 0 radical (unpaired) electrons. The van der Waals surface area contributed by atoms with Crippen molar-refractivity contribution in [2.45, 2.75) is 296 Å². The summed E-state index contributed by atoms with van der Waals surface area (Å²) in [5.41, 5.74) is 0. The Hall–Kier alpha value is -4.05. The Morgan fingerprint density at radius 2 is 0.591 bits per heavy atom. The van der Waals surface area contributed by atoms with Crippen LogP contribution >= 0.6 is 15.6 Å². The fourth-order valence-electron chi connectivity index (χ4n) is 9.23. The van der Waals surface area contributed by atoms with Crippen molar-refractivity contribution in [3.63, 3.8) is 0 Å². The first-order valence-corrected chi connectivity index (χ1v) is 38.8. The first kappa shape index (κ1) is 89.0. The van der Waals surface area contributed by atoms with Gasteiger partial charge in [0.1, 0.15) is 25.4 Å². The minimum atomic E-state index is -4.94. The zero-order valence-corrected chi connectivity index (χ0v) is 59.7. The average Bonchev–Trinajstić information content (AvgIpc) is 3.19. The van der Waals surface area contributed by atoms with E-state index in [0.717, 1.165) is 122 Å². The SMILES string of the molecule is CC/C=C\C/C=C\C/C=C\C/C=C\C/C=C\C/C=C\CCC(=O)OCC(COP(=O)(O)OCC(O)COP(=O)(O)OCC(O)COC(=O)CCCCCCCCC/C=C\C/C=C\C/C=C\C/C=C\CCCCC)OC(=O)CCCCCCCCCCCCCCCCC. The monoisotopic (exact) mass is 1350 g/mol. The van der Waals surface area contributed by atoms with Gasteiger partial charge >= 0.3 is 33.6 Å². The molecule has 0 aromatic heterocycles. The fourth-order valence-corrected chi connectivity index (χ4v) is 10.8. The Kier molecular flexibility index (Phi) is 65.0. The molecule has 0 rings (SSSR count). The van der Waals surface area contributed by atoms with E-state index in [0.29, 0.717) is 25.7 Å². The predicted molar refractivity (Wildman–Crippen MR) is 380 cm³/mol. The Labute approximate surface area is 563 Å². The lowest BCUT2D eigenvalue weighted by Crippen LogP contribution is -2.30. The van der Waals surface area contributed by atoms with Crippen LogP contribution in [0.25, 0.3) is 0 Å². The van der Waals surface area contributed by atoms with Crippen molar-refractivity contribution in [2.75, 3.05) is 39.6 Å². The number of ether oxygens (including phenoxy) is 3. The van der Waals surface area contributed by atoms with Gasteiger partial charge in [0.15, 0.2) is 6.10 Å². The Morgan fingerprint density at radius 3 is 0.989 bits per heavy atom. The van der Waals surface area contributed by atoms with Crippen LogP contribution in [0.4, 0.5) is 0 Å². The van der Waals surface area contributed by atoms with Crippen LogP contribution in [0.3, 0.4) is 0 Å². The number of esters is 3. The zero-order chi connectivity index (χ0) is 68.1. The molecule has 0 saturated carbocycles. The first-order chi connectivity index (χ1) is 45.2. The summed E-state index contributed by atoms with van der Waals surface area (Å²) < 4.78 is 60.9. The van der Waals surface area contributed by atoms with E-state index in [1.54, 1.807) is 0 Å². The van der Waals surface area contributed by atoms with E-state index in [-0.39, 0.29) is 19.3 Å². The van der Waals surface area contributed by atoms with E-state index < -0.39 is 91.5 Å². The number of hydrogen-bond donors (Lipinski definition) is 4. The molecule has 0 saturated heterocycles. The first-order valence-electron chi connectivity index (χ1n) is 35.8. The minimum absolute atomic E-state index is 0.0442. The van der Waals surface area contributed by atoms with Gasteiger partial charge in [-0.2, -0.15) is 0 Å². The summed E-state index contributed by atoms with van der Waals surface area (Å²) in [4.78, 5) is 58.4. The number of carbonyl (C=O) groups is 3. The molecule has 0 aliphatic rings. The number of aliphatic hydroxyl groups excluding tert-OH is 2. The zero-order valence-electron chi connectivity index (χ0n) is 57.9. The van der Waals surface area contributed by atoms with Crippen LogP contribution < -0.4 is 0 Å². The molecular formula is C75H128O16P2. The number of hydrogen-bond acceptors (Lipinski definition) is 14. The van der Waals surface area contributed by atoms with Gasteiger partial charge in [0.25, 0.3) is 0 Å². The van der Waals surface area contributed by atoms with E-state index >= 15 is 0 Å². The van der Waals surface area contributed by atoms with Gasteiger partial charge in [0, 0.05) is 19.3 Å². The standard InChI is InChI=1S/C75H128O16P2/c1-4-7-10-13-16-19-22-25-28-30-32-33-34-35-37-39-41-43-46-49-52-55-58-61-73(78)85-64-70(76)65-87-92(81,82)88-66-71(77)67-89-93(83,84)90-69-72(91-75(80)63-60-57-54-51-48-45-40-27-24-21-18-15-12-9-6-3)68-86-74(79)62-59-56-53-50-47-44-42-38-36-31-29-26-23-20-17-14-11-8-5-2/h8,11,16-17,19-20,25-26,28-29,32-33,35-38,44,47,53,56,70-72,76-77H,4-7,9-10,12-15,18,21-24,27,30-31,34,39-43,45-46,48-52,54-55,57-69H2,1-3H3,(H,81,82)(H,83,84)/b11-8-,19-16-,20-17-,28-25-,29-26-,33-32-,37-35-,38-36-,47-44-,56-53-. The third-order valence-electron chi connectivity index (χ3n) is 14.7. The lowest BCUT2D eigenvalue weighted by atomic mass is 10.0. The number of aliphatic hydroxyl groups is 2. The summed E-state index contributed by atoms with van der Waals surface area (Å²) >= 11 is 0. The highest BCUT2D eigenvalue weighted by molar-refractivity contribution is 7.47. The number of phosphoric acid groups is 2. The molecule has 0 aromatic carbocycles. The maximum absolute atomic E-state index is 12.9. The van der Waals surface area contributed by atoms with Gasteiger partial charge in [0.05, 0.1) is 26.4 Å². The highest BCUT2D eigenvalue weighted by atomic mass is 31.2. The smallest absolute Gasteiger partial charge is 0.463 e. The molecule has 4 N–H and O–H groups in total. The fraction of sp³-hybridized carbons (Fsp3) is 0.693. The van der Waals surface area contributed by atoms with Gasteiger partial charge in [-0.05, 0) is 103 Å². The molecule has 0 aromatic rings. The topological polar surface area (TPSA) is 231 Å². The summed E-state index contributed by atoms with van der Waals surface area (Å²) in [5.74, 6) is -1.68. The molecule has 0 spiro atoms. The van der Waals surface area contributed by atoms with Gasteiger partial charge in [-0.1, -0.05) is 277 Å². The van der Waals surface area contributed by atoms with Crippen molar-refractivity contribution in [2.24, 2.45) is 0 Å². The molecule has 0 amide bonds. The predicted octanol–water partition coefficient (Wildman–Crippen LogP) is 20.2. The van der Waals surface area contributed by atoms with Gasteiger partial charge in [-0.3, -0.25) is 32.5 Å². The molecule has 0 aliphatic heterocycles. The van der Waals surface area contributed by atoms with Crippen LogP contribution in [-0.4, -0.2) is 95.9 Å². The number of phosphoric ester groups is 2. The number of carbonyl (C=O) groups excluding carboxylic acids is 3. The molecule has 5 atom stereocenters. The summed E-state index contributed by atoms with van der Waals surface area (Å²) in [5, 5.41) is 20.6. The third-order valence-corrected chi connectivity index (χ3v) is 16.6. The van der Waals surface area contributed by atoms with Crippen LogP contribution in [-0.2, 0) is 55.8 Å². The maximum atomic E-state index is 12.9. The normalized spacial score (nSPS) is 14.9. The molecule has 0 heterocycles. The Balaban J connectivity index is 4.69. The Morgan fingerprint density at radius 1 is 0.312 bits per heavy atom. The van der Waals surface area contributed by atoms with E-state index in [2.05, 4.69) is 124 Å². The molecule has 93 heavy (non-hydrogen) atoms. The van der Waals surface area contributed by atoms with Crippen molar-refractivity contribution in [1.82, 2.24) is 0 Å². The second kappa shape index (κ2) is 67.9. The van der Waals surface area contributed by atoms with Crippen LogP contribution in [0.15, 0.2) is 122 Å². The molecular weight excluding hydrogens is 1220 g/mol. The third kappa shape index (κ3) is 69.1. The molecule has 534 valence electrons. The second-order valence-corrected chi connectivity index (χ2v) is 26.6. The van der Waals surface area contributed by atoms with E-state index in [1.165, 1.54) is 89.9 Å². The highest BCUT2D eigenvalue weighted by Gasteiger charge is 2.29. The van der Waals surface area contributed by atoms with Gasteiger partial charge in [-0.25, -0.2) is 9.13 Å². The number of allylic oxidation sites excluding steroid dienone is 20. The molecule has 0 aliphatic carbocycles. The molecule has 18 heteroatoms. The van der Waals surface area contributed by atoms with E-state index in [9.17, 15) is 43.5 Å². The molecule has 5 unspecified atom stereocenters. The lowest BCUT2D eigenvalue weighted by molar-refractivity contribution is -0.161. The van der Waals surface area contributed by atoms with Gasteiger partial charge < -0.3 is 34.2 Å². The minimum Gasteiger partial charge on any atom is -0.463 e. The highest BCUT2D eigenvalue weighted by Crippen LogP contribution is 2.45.